The van der Waals surface area contributed by atoms with Crippen LogP contribution in [0, 0.1) is 0 Å². The molecular weight excluding hydrogens is 235 g/mol. The smallest absolute Gasteiger partial charge is 0.409 e. The van der Waals surface area contributed by atoms with Crippen molar-refractivity contribution < 1.29 is 18.4 Å². The first kappa shape index (κ1) is 13.3. The van der Waals surface area contributed by atoms with Crippen LogP contribution >= 0.6 is 0 Å². The van der Waals surface area contributed by atoms with E-state index in [2.05, 4.69) is 10.5 Å². The van der Waals surface area contributed by atoms with Crippen LogP contribution in [-0.2, 0) is 12.7 Å². The number of amidine groups is 1. The van der Waals surface area contributed by atoms with Crippen LogP contribution in [0.4, 0.5) is 13.2 Å². The van der Waals surface area contributed by atoms with E-state index in [0.717, 1.165) is 6.07 Å². The highest BCUT2D eigenvalue weighted by molar-refractivity contribution is 5.81. The molecule has 0 aliphatic heterocycles. The molecule has 0 aliphatic rings. The highest BCUT2D eigenvalue weighted by Crippen LogP contribution is 2.31. The summed E-state index contributed by atoms with van der Waals surface area (Å²) in [6.07, 6.45) is -4.38. The molecule has 0 radical (unpaired) electrons. The molecule has 1 aromatic rings. The van der Waals surface area contributed by atoms with Crippen molar-refractivity contribution in [3.05, 3.63) is 35.4 Å². The lowest BCUT2D eigenvalue weighted by Gasteiger charge is -2.12. The molecule has 4 N–H and O–H groups in total. The Hall–Kier alpha value is -1.76. The lowest BCUT2D eigenvalue weighted by atomic mass is 10.1. The third kappa shape index (κ3) is 3.95. The standard InChI is InChI=1S/C10H12F3N3O/c11-10(12,13)8-4-2-1-3-7(8)5-15-6-9(14)16-17/h1-4,15,17H,5-6H2,(H2,14,16). The van der Waals surface area contributed by atoms with Gasteiger partial charge >= 0.3 is 6.18 Å². The molecule has 0 aromatic heterocycles. The van der Waals surface area contributed by atoms with E-state index in [4.69, 9.17) is 10.9 Å². The van der Waals surface area contributed by atoms with Gasteiger partial charge in [0, 0.05) is 6.54 Å². The molecule has 94 valence electrons. The second kappa shape index (κ2) is 5.53. The van der Waals surface area contributed by atoms with Crippen LogP contribution in [0.5, 0.6) is 0 Å². The van der Waals surface area contributed by atoms with Crippen molar-refractivity contribution in [2.45, 2.75) is 12.7 Å². The zero-order valence-electron chi connectivity index (χ0n) is 8.83. The summed E-state index contributed by atoms with van der Waals surface area (Å²) in [7, 11) is 0. The maximum absolute atomic E-state index is 12.6. The Bertz CT molecular complexity index is 404. The van der Waals surface area contributed by atoms with E-state index in [1.165, 1.54) is 18.2 Å². The molecule has 7 heteroatoms. The van der Waals surface area contributed by atoms with Crippen molar-refractivity contribution in [1.82, 2.24) is 5.32 Å². The summed E-state index contributed by atoms with van der Waals surface area (Å²) in [5, 5.41) is 13.6. The molecule has 0 fully saturated rings. The first-order valence-corrected chi connectivity index (χ1v) is 4.77. The van der Waals surface area contributed by atoms with Gasteiger partial charge in [0.25, 0.3) is 0 Å². The van der Waals surface area contributed by atoms with E-state index < -0.39 is 11.7 Å². The Labute approximate surface area is 95.9 Å². The molecule has 0 unspecified atom stereocenters. The maximum atomic E-state index is 12.6. The Kier molecular flexibility index (Phi) is 4.33. The van der Waals surface area contributed by atoms with Gasteiger partial charge in [-0.05, 0) is 11.6 Å². The Morgan fingerprint density at radius 3 is 2.59 bits per heavy atom. The average molecular weight is 247 g/mol. The summed E-state index contributed by atoms with van der Waals surface area (Å²) in [6, 6.07) is 5.24. The van der Waals surface area contributed by atoms with Crippen LogP contribution in [-0.4, -0.2) is 17.6 Å². The summed E-state index contributed by atoms with van der Waals surface area (Å²) in [4.78, 5) is 0. The van der Waals surface area contributed by atoms with E-state index in [0.29, 0.717) is 0 Å². The summed E-state index contributed by atoms with van der Waals surface area (Å²) < 4.78 is 37.8. The van der Waals surface area contributed by atoms with Crippen molar-refractivity contribution in [3.63, 3.8) is 0 Å². The number of alkyl halides is 3. The van der Waals surface area contributed by atoms with E-state index in [9.17, 15) is 13.2 Å². The Balaban J connectivity index is 2.71. The average Bonchev–Trinajstić information content (AvgIpc) is 2.28. The lowest BCUT2D eigenvalue weighted by Crippen LogP contribution is -2.29. The van der Waals surface area contributed by atoms with Gasteiger partial charge in [0.15, 0.2) is 5.84 Å². The Morgan fingerprint density at radius 1 is 1.35 bits per heavy atom. The van der Waals surface area contributed by atoms with Crippen LogP contribution < -0.4 is 11.1 Å². The second-order valence-electron chi connectivity index (χ2n) is 3.35. The molecule has 0 saturated carbocycles. The minimum atomic E-state index is -4.38. The Morgan fingerprint density at radius 2 is 2.00 bits per heavy atom. The minimum absolute atomic E-state index is 0.00803. The number of halogens is 3. The highest BCUT2D eigenvalue weighted by atomic mass is 19.4. The van der Waals surface area contributed by atoms with Crippen molar-refractivity contribution in [2.75, 3.05) is 6.54 Å². The number of nitrogens with zero attached hydrogens (tertiary/aromatic N) is 1. The van der Waals surface area contributed by atoms with Gasteiger partial charge in [-0.3, -0.25) is 0 Å². The quantitative estimate of drug-likeness (QED) is 0.327. The van der Waals surface area contributed by atoms with Gasteiger partial charge in [0.05, 0.1) is 12.1 Å². The SMILES string of the molecule is N/C(CNCc1ccccc1C(F)(F)F)=N\O. The number of hydrogen-bond donors (Lipinski definition) is 3. The lowest BCUT2D eigenvalue weighted by molar-refractivity contribution is -0.138. The normalized spacial score (nSPS) is 12.8. The minimum Gasteiger partial charge on any atom is -0.409 e. The van der Waals surface area contributed by atoms with Crippen molar-refractivity contribution >= 4 is 5.84 Å². The van der Waals surface area contributed by atoms with Crippen LogP contribution in [0.2, 0.25) is 0 Å². The predicted octanol–water partition coefficient (Wildman–Crippen LogP) is 1.54. The third-order valence-electron chi connectivity index (χ3n) is 2.07. The highest BCUT2D eigenvalue weighted by Gasteiger charge is 2.32. The number of oxime groups is 1. The summed E-state index contributed by atoms with van der Waals surface area (Å²) in [5.74, 6) is -0.0884. The zero-order valence-corrected chi connectivity index (χ0v) is 8.83. The van der Waals surface area contributed by atoms with Crippen LogP contribution in [0.1, 0.15) is 11.1 Å². The fraction of sp³-hybridized carbons (Fsp3) is 0.300. The van der Waals surface area contributed by atoms with Crippen molar-refractivity contribution in [2.24, 2.45) is 10.9 Å². The first-order chi connectivity index (χ1) is 7.95. The summed E-state index contributed by atoms with van der Waals surface area (Å²) in [5.41, 5.74) is 4.60. The van der Waals surface area contributed by atoms with Gasteiger partial charge in [0.1, 0.15) is 0 Å². The summed E-state index contributed by atoms with van der Waals surface area (Å²) >= 11 is 0. The molecule has 0 bridgehead atoms. The fourth-order valence-corrected chi connectivity index (χ4v) is 1.31. The molecule has 0 atom stereocenters. The van der Waals surface area contributed by atoms with Crippen LogP contribution in [0.15, 0.2) is 29.4 Å². The zero-order chi connectivity index (χ0) is 12.9. The monoisotopic (exact) mass is 247 g/mol. The molecule has 0 aliphatic carbocycles. The molecule has 4 nitrogen and oxygen atoms in total. The van der Waals surface area contributed by atoms with Gasteiger partial charge in [-0.25, -0.2) is 0 Å². The van der Waals surface area contributed by atoms with Gasteiger partial charge in [-0.2, -0.15) is 13.2 Å². The molecule has 0 amide bonds. The third-order valence-corrected chi connectivity index (χ3v) is 2.07. The van der Waals surface area contributed by atoms with Gasteiger partial charge in [0.2, 0.25) is 0 Å². The van der Waals surface area contributed by atoms with E-state index in [1.807, 2.05) is 0 Å². The van der Waals surface area contributed by atoms with Crippen molar-refractivity contribution in [3.8, 4) is 0 Å². The topological polar surface area (TPSA) is 70.6 Å². The largest absolute Gasteiger partial charge is 0.416 e. The van der Waals surface area contributed by atoms with E-state index in [1.54, 1.807) is 0 Å². The van der Waals surface area contributed by atoms with Gasteiger partial charge in [-0.1, -0.05) is 23.4 Å². The molecular formula is C10H12F3N3O. The predicted molar refractivity (Wildman–Crippen MR) is 56.6 cm³/mol. The number of rotatable bonds is 4. The fourth-order valence-electron chi connectivity index (χ4n) is 1.31. The molecule has 0 heterocycles. The van der Waals surface area contributed by atoms with Gasteiger partial charge < -0.3 is 16.3 Å². The van der Waals surface area contributed by atoms with Gasteiger partial charge in [-0.15, -0.1) is 0 Å². The molecule has 1 aromatic carbocycles. The number of benzene rings is 1. The van der Waals surface area contributed by atoms with Crippen LogP contribution in [0.3, 0.4) is 0 Å². The van der Waals surface area contributed by atoms with E-state index >= 15 is 0 Å². The number of nitrogens with two attached hydrogens (primary N) is 1. The molecule has 1 rings (SSSR count). The van der Waals surface area contributed by atoms with Crippen LogP contribution in [0.25, 0.3) is 0 Å². The second-order valence-corrected chi connectivity index (χ2v) is 3.35. The summed E-state index contributed by atoms with van der Waals surface area (Å²) in [6.45, 7) is 0.00853. The van der Waals surface area contributed by atoms with Crippen molar-refractivity contribution in [1.29, 1.82) is 0 Å². The van der Waals surface area contributed by atoms with E-state index in [-0.39, 0.29) is 24.5 Å². The number of hydrogen-bond acceptors (Lipinski definition) is 3. The maximum Gasteiger partial charge on any atom is 0.416 e. The first-order valence-electron chi connectivity index (χ1n) is 4.77. The molecule has 0 saturated heterocycles. The molecule has 0 spiro atoms. The molecule has 17 heavy (non-hydrogen) atoms. The number of nitrogens with one attached hydrogen (secondary N) is 1.